The fourth-order valence-corrected chi connectivity index (χ4v) is 1.57. The summed E-state index contributed by atoms with van der Waals surface area (Å²) in [6.45, 7) is 10.0. The molecule has 0 aromatic rings. The highest BCUT2D eigenvalue weighted by atomic mass is 16.1. The SMILES string of the molecule is C=C(C)C(=O)NCCN1CCN(C=O)CC1. The molecule has 1 saturated heterocycles. The molecule has 0 spiro atoms. The molecule has 5 nitrogen and oxygen atoms in total. The third kappa shape index (κ3) is 4.02. The van der Waals surface area contributed by atoms with E-state index in [4.69, 9.17) is 0 Å². The van der Waals surface area contributed by atoms with Crippen molar-refractivity contribution in [3.05, 3.63) is 12.2 Å². The first-order valence-electron chi connectivity index (χ1n) is 5.49. The third-order valence-corrected chi connectivity index (χ3v) is 2.66. The molecule has 1 N–H and O–H groups in total. The van der Waals surface area contributed by atoms with Crippen molar-refractivity contribution in [3.8, 4) is 0 Å². The van der Waals surface area contributed by atoms with E-state index in [1.165, 1.54) is 0 Å². The van der Waals surface area contributed by atoms with Crippen molar-refractivity contribution < 1.29 is 9.59 Å². The standard InChI is InChI=1S/C11H19N3O2/c1-10(2)11(16)12-3-4-13-5-7-14(9-15)8-6-13/h9H,1,3-8H2,2H3,(H,12,16). The Morgan fingerprint density at radius 3 is 2.50 bits per heavy atom. The van der Waals surface area contributed by atoms with Gasteiger partial charge < -0.3 is 10.2 Å². The van der Waals surface area contributed by atoms with E-state index >= 15 is 0 Å². The molecule has 90 valence electrons. The second-order valence-electron chi connectivity index (χ2n) is 4.02. The van der Waals surface area contributed by atoms with Gasteiger partial charge in [0.2, 0.25) is 12.3 Å². The fourth-order valence-electron chi connectivity index (χ4n) is 1.57. The third-order valence-electron chi connectivity index (χ3n) is 2.66. The summed E-state index contributed by atoms with van der Waals surface area (Å²) in [6.07, 6.45) is 0.889. The number of amides is 2. The second kappa shape index (κ2) is 6.27. The number of nitrogens with one attached hydrogen (secondary N) is 1. The van der Waals surface area contributed by atoms with Gasteiger partial charge in [-0.1, -0.05) is 6.58 Å². The van der Waals surface area contributed by atoms with Crippen LogP contribution in [0.5, 0.6) is 0 Å². The van der Waals surface area contributed by atoms with Gasteiger partial charge >= 0.3 is 0 Å². The first-order chi connectivity index (χ1) is 7.63. The van der Waals surface area contributed by atoms with Crippen molar-refractivity contribution >= 4 is 12.3 Å². The Morgan fingerprint density at radius 1 is 1.38 bits per heavy atom. The molecule has 0 aliphatic carbocycles. The van der Waals surface area contributed by atoms with Crippen LogP contribution in [-0.2, 0) is 9.59 Å². The fraction of sp³-hybridized carbons (Fsp3) is 0.636. The summed E-state index contributed by atoms with van der Waals surface area (Å²) in [5.41, 5.74) is 0.533. The summed E-state index contributed by atoms with van der Waals surface area (Å²) in [6, 6.07) is 0. The molecular weight excluding hydrogens is 206 g/mol. The minimum Gasteiger partial charge on any atom is -0.351 e. The van der Waals surface area contributed by atoms with E-state index in [-0.39, 0.29) is 5.91 Å². The molecule has 16 heavy (non-hydrogen) atoms. The number of carbonyl (C=O) groups is 2. The minimum atomic E-state index is -0.0912. The van der Waals surface area contributed by atoms with Crippen LogP contribution >= 0.6 is 0 Å². The maximum atomic E-state index is 11.2. The van der Waals surface area contributed by atoms with E-state index in [0.717, 1.165) is 39.1 Å². The highest BCUT2D eigenvalue weighted by molar-refractivity contribution is 5.92. The van der Waals surface area contributed by atoms with Gasteiger partial charge in [-0.3, -0.25) is 14.5 Å². The molecule has 1 fully saturated rings. The maximum Gasteiger partial charge on any atom is 0.246 e. The van der Waals surface area contributed by atoms with Gasteiger partial charge in [0.05, 0.1) is 0 Å². The van der Waals surface area contributed by atoms with Gasteiger partial charge in [0.15, 0.2) is 0 Å². The molecule has 1 heterocycles. The van der Waals surface area contributed by atoms with Gasteiger partial charge in [-0.15, -0.1) is 0 Å². The molecule has 1 aliphatic heterocycles. The second-order valence-corrected chi connectivity index (χ2v) is 4.02. The molecule has 0 bridgehead atoms. The molecule has 0 aromatic heterocycles. The molecular formula is C11H19N3O2. The van der Waals surface area contributed by atoms with Crippen LogP contribution in [0.1, 0.15) is 6.92 Å². The van der Waals surface area contributed by atoms with Crippen molar-refractivity contribution in [2.45, 2.75) is 6.92 Å². The van der Waals surface area contributed by atoms with Gasteiger partial charge in [0.1, 0.15) is 0 Å². The highest BCUT2D eigenvalue weighted by Crippen LogP contribution is 1.98. The topological polar surface area (TPSA) is 52.7 Å². The van der Waals surface area contributed by atoms with Crippen LogP contribution < -0.4 is 5.32 Å². The predicted octanol–water partition coefficient (Wildman–Crippen LogP) is -0.547. The molecule has 5 heteroatoms. The summed E-state index contributed by atoms with van der Waals surface area (Å²) >= 11 is 0. The van der Waals surface area contributed by atoms with Gasteiger partial charge in [0.25, 0.3) is 0 Å². The van der Waals surface area contributed by atoms with Crippen molar-refractivity contribution in [3.63, 3.8) is 0 Å². The minimum absolute atomic E-state index is 0.0912. The molecule has 0 unspecified atom stereocenters. The number of hydrogen-bond acceptors (Lipinski definition) is 3. The monoisotopic (exact) mass is 225 g/mol. The lowest BCUT2D eigenvalue weighted by Crippen LogP contribution is -2.47. The summed E-state index contributed by atoms with van der Waals surface area (Å²) < 4.78 is 0. The Bertz CT molecular complexity index is 270. The zero-order chi connectivity index (χ0) is 12.0. The number of carbonyl (C=O) groups excluding carboxylic acids is 2. The highest BCUT2D eigenvalue weighted by Gasteiger charge is 2.14. The Morgan fingerprint density at radius 2 is 2.00 bits per heavy atom. The normalized spacial score (nSPS) is 16.9. The quantitative estimate of drug-likeness (QED) is 0.505. The lowest BCUT2D eigenvalue weighted by molar-refractivity contribution is -0.119. The van der Waals surface area contributed by atoms with E-state index < -0.39 is 0 Å². The van der Waals surface area contributed by atoms with Crippen LogP contribution in [0.4, 0.5) is 0 Å². The van der Waals surface area contributed by atoms with E-state index in [1.54, 1.807) is 11.8 Å². The largest absolute Gasteiger partial charge is 0.351 e. The Balaban J connectivity index is 2.13. The zero-order valence-corrected chi connectivity index (χ0v) is 9.74. The van der Waals surface area contributed by atoms with E-state index in [0.29, 0.717) is 12.1 Å². The smallest absolute Gasteiger partial charge is 0.246 e. The number of hydrogen-bond donors (Lipinski definition) is 1. The van der Waals surface area contributed by atoms with Crippen molar-refractivity contribution in [1.29, 1.82) is 0 Å². The lowest BCUT2D eigenvalue weighted by Gasteiger charge is -2.32. The van der Waals surface area contributed by atoms with Gasteiger partial charge in [-0.2, -0.15) is 0 Å². The summed E-state index contributed by atoms with van der Waals surface area (Å²) in [4.78, 5) is 25.7. The summed E-state index contributed by atoms with van der Waals surface area (Å²) in [5, 5.41) is 2.79. The molecule has 0 saturated carbocycles. The molecule has 0 aromatic carbocycles. The van der Waals surface area contributed by atoms with Gasteiger partial charge in [0, 0.05) is 44.8 Å². The van der Waals surface area contributed by atoms with Crippen molar-refractivity contribution in [1.82, 2.24) is 15.1 Å². The van der Waals surface area contributed by atoms with Crippen LogP contribution in [-0.4, -0.2) is 61.4 Å². The number of piperazine rings is 1. The van der Waals surface area contributed by atoms with Crippen molar-refractivity contribution in [2.24, 2.45) is 0 Å². The summed E-state index contributed by atoms with van der Waals surface area (Å²) in [5.74, 6) is -0.0912. The molecule has 1 aliphatic rings. The molecule has 1 rings (SSSR count). The Labute approximate surface area is 96.1 Å². The van der Waals surface area contributed by atoms with Gasteiger partial charge in [-0.05, 0) is 6.92 Å². The predicted molar refractivity (Wildman–Crippen MR) is 61.9 cm³/mol. The molecule has 2 amide bonds. The zero-order valence-electron chi connectivity index (χ0n) is 9.74. The van der Waals surface area contributed by atoms with Crippen LogP contribution in [0.2, 0.25) is 0 Å². The number of rotatable bonds is 5. The Kier molecular flexibility index (Phi) is 4.98. The van der Waals surface area contributed by atoms with Crippen LogP contribution in [0.3, 0.4) is 0 Å². The summed E-state index contributed by atoms with van der Waals surface area (Å²) in [7, 11) is 0. The molecule has 0 radical (unpaired) electrons. The van der Waals surface area contributed by atoms with E-state index in [2.05, 4.69) is 16.8 Å². The van der Waals surface area contributed by atoms with Crippen molar-refractivity contribution in [2.75, 3.05) is 39.3 Å². The van der Waals surface area contributed by atoms with Crippen LogP contribution in [0.25, 0.3) is 0 Å². The lowest BCUT2D eigenvalue weighted by atomic mass is 10.3. The average Bonchev–Trinajstić information content (AvgIpc) is 2.29. The van der Waals surface area contributed by atoms with Crippen LogP contribution in [0.15, 0.2) is 12.2 Å². The molecule has 0 atom stereocenters. The van der Waals surface area contributed by atoms with Crippen LogP contribution in [0, 0.1) is 0 Å². The average molecular weight is 225 g/mol. The first kappa shape index (κ1) is 12.7. The maximum absolute atomic E-state index is 11.2. The van der Waals surface area contributed by atoms with E-state index in [1.807, 2.05) is 0 Å². The Hall–Kier alpha value is -1.36. The van der Waals surface area contributed by atoms with Gasteiger partial charge in [-0.25, -0.2) is 0 Å². The first-order valence-corrected chi connectivity index (χ1v) is 5.49. The number of nitrogens with zero attached hydrogens (tertiary/aromatic N) is 2. The van der Waals surface area contributed by atoms with E-state index in [9.17, 15) is 9.59 Å².